The van der Waals surface area contributed by atoms with E-state index in [1.807, 2.05) is 105 Å². The van der Waals surface area contributed by atoms with Gasteiger partial charge in [-0.05, 0) is 183 Å². The fourth-order valence-corrected chi connectivity index (χ4v) is 15.6. The molecule has 0 unspecified atom stereocenters. The molecule has 15 heterocycles. The Balaban J connectivity index is 0.000000145. The number of hydrogen-bond donors (Lipinski definition) is 4. The van der Waals surface area contributed by atoms with E-state index >= 15 is 0 Å². The van der Waals surface area contributed by atoms with E-state index in [-0.39, 0.29) is 63.5 Å². The molecule has 6 aliphatic heterocycles. The number of aromatic carboxylic acids is 1. The molecule has 0 aliphatic carbocycles. The minimum Gasteiger partial charge on any atom is -0.477 e. The summed E-state index contributed by atoms with van der Waals surface area (Å²) in [4.78, 5) is 96.9. The third-order valence-corrected chi connectivity index (χ3v) is 22.6. The molecule has 25 heteroatoms. The predicted molar refractivity (Wildman–Crippen MR) is 410 cm³/mol. The van der Waals surface area contributed by atoms with Crippen molar-refractivity contribution < 1.29 is 33.7 Å². The van der Waals surface area contributed by atoms with Crippen molar-refractivity contribution in [2.24, 2.45) is 23.5 Å². The molecule has 0 bridgehead atoms. The summed E-state index contributed by atoms with van der Waals surface area (Å²) in [6, 6.07) is 46.5. The molecular weight excluding hydrogens is 1380 g/mol. The molecule has 0 spiro atoms. The first-order chi connectivity index (χ1) is 52.9. The Kier molecular flexibility index (Phi) is 25.4. The van der Waals surface area contributed by atoms with Gasteiger partial charge in [-0.25, -0.2) is 4.79 Å². The van der Waals surface area contributed by atoms with Gasteiger partial charge >= 0.3 is 5.97 Å². The van der Waals surface area contributed by atoms with Crippen molar-refractivity contribution in [3.63, 3.8) is 0 Å². The molecule has 109 heavy (non-hydrogen) atoms. The molecular formula is C84H95N15O10. The number of pyridine rings is 9. The van der Waals surface area contributed by atoms with Crippen molar-refractivity contribution in [2.75, 3.05) is 78.9 Å². The summed E-state index contributed by atoms with van der Waals surface area (Å²) >= 11 is 0. The van der Waals surface area contributed by atoms with E-state index in [0.717, 1.165) is 103 Å². The van der Waals surface area contributed by atoms with Crippen molar-refractivity contribution in [3.8, 4) is 18.2 Å². The number of fused-ring (bicyclic) bond motifs is 3. The van der Waals surface area contributed by atoms with Gasteiger partial charge in [0.25, 0.3) is 28.5 Å². The number of amides is 2. The quantitative estimate of drug-likeness (QED) is 0.0791. The molecule has 2 amide bonds. The van der Waals surface area contributed by atoms with Gasteiger partial charge in [0, 0.05) is 134 Å². The average molecular weight is 1470 g/mol. The Hall–Kier alpha value is -10.7. The Morgan fingerprint density at radius 1 is 0.468 bits per heavy atom. The van der Waals surface area contributed by atoms with Crippen LogP contribution in [0.25, 0.3) is 16.6 Å². The van der Waals surface area contributed by atoms with E-state index in [1.54, 1.807) is 76.3 Å². The molecule has 9 aromatic rings. The van der Waals surface area contributed by atoms with Crippen LogP contribution in [0.3, 0.4) is 0 Å². The van der Waals surface area contributed by atoms with Gasteiger partial charge < -0.3 is 35.7 Å². The van der Waals surface area contributed by atoms with E-state index in [2.05, 4.69) is 65.4 Å². The number of nitrogens with one attached hydrogen (secondary N) is 2. The fourth-order valence-electron chi connectivity index (χ4n) is 15.6. The molecule has 0 aromatic carbocycles. The molecule has 6 atom stereocenters. The number of carboxylic acid groups (broad SMARTS) is 1. The maximum Gasteiger partial charge on any atom is 0.341 e. The largest absolute Gasteiger partial charge is 0.477 e. The number of carbonyl (C=O) groups excluding carboxylic acids is 2. The highest BCUT2D eigenvalue weighted by Crippen LogP contribution is 2.38. The predicted octanol–water partition coefficient (Wildman–Crippen LogP) is 8.63. The average Bonchev–Trinajstić information content (AvgIpc) is 0.791. The van der Waals surface area contributed by atoms with Gasteiger partial charge in [0.15, 0.2) is 0 Å². The summed E-state index contributed by atoms with van der Waals surface area (Å²) in [7, 11) is 0. The lowest BCUT2D eigenvalue weighted by Gasteiger charge is -2.37. The number of ether oxygens (including phenoxy) is 3. The van der Waals surface area contributed by atoms with Gasteiger partial charge in [-0.1, -0.05) is 57.2 Å². The number of aromatic nitrogens is 6. The number of carbonyl (C=O) groups is 3. The number of nitrogens with two attached hydrogens (primary N) is 1. The minimum absolute atomic E-state index is 0.0154. The number of piperidine rings is 3. The van der Waals surface area contributed by atoms with Crippen LogP contribution >= 0.6 is 0 Å². The molecule has 15 rings (SSSR count). The number of hydrogen-bond acceptors (Lipinski definition) is 19. The van der Waals surface area contributed by atoms with Crippen LogP contribution in [-0.2, 0) is 50.1 Å². The Bertz CT molecular complexity index is 4770. The summed E-state index contributed by atoms with van der Waals surface area (Å²) in [5.41, 5.74) is 10.2. The molecule has 5 N–H and O–H groups in total. The maximum absolute atomic E-state index is 13.2. The molecule has 6 fully saturated rings. The van der Waals surface area contributed by atoms with Gasteiger partial charge in [0.05, 0.1) is 71.7 Å². The highest BCUT2D eigenvalue weighted by molar-refractivity contribution is 5.95. The van der Waals surface area contributed by atoms with Crippen LogP contribution in [-0.4, -0.2) is 163 Å². The van der Waals surface area contributed by atoms with Crippen LogP contribution in [0.4, 0.5) is 0 Å². The zero-order valence-electron chi connectivity index (χ0n) is 62.1. The van der Waals surface area contributed by atoms with Crippen LogP contribution < -0.4 is 33.0 Å². The van der Waals surface area contributed by atoms with E-state index in [4.69, 9.17) is 19.9 Å². The van der Waals surface area contributed by atoms with Crippen LogP contribution in [0.1, 0.15) is 143 Å². The second-order valence-corrected chi connectivity index (χ2v) is 29.7. The first-order valence-corrected chi connectivity index (χ1v) is 37.7. The van der Waals surface area contributed by atoms with Crippen molar-refractivity contribution in [1.29, 1.82) is 15.8 Å². The van der Waals surface area contributed by atoms with Gasteiger partial charge in [0.2, 0.25) is 0 Å². The lowest BCUT2D eigenvalue weighted by atomic mass is 9.76. The van der Waals surface area contributed by atoms with E-state index in [0.29, 0.717) is 115 Å². The molecule has 6 saturated heterocycles. The number of likely N-dealkylation sites (tertiary alicyclic amines) is 3. The van der Waals surface area contributed by atoms with Crippen molar-refractivity contribution >= 4 is 34.3 Å². The standard InChI is InChI=1S/2C28H31N5O3.C22H20N4O3.C6H13NO/c2*1-20-18-36-15-8-23(20)31-26(34)22-16-21(24-6-3-5-12-33(24)27(22)35)17-32-13-9-28(19-29,10-14-32)25-7-2-4-11-30-25;23-15-22(19-6-1-3-9-24-19)7-11-25(12-8-22)14-16-13-17(21(28)29)20(27)26-10-4-2-5-18(16)26;1-5-4-8-3-2-6(5)7/h2*2-7,11-12,16,20,23H,8-10,13-15,17-18H2,1H3,(H,31,34);1-6,9-10,13H,7-8,11-12,14H2,(H,28,29);5-6H,2-4,7H2,1H3/t2*20-,23-;;5-,6-/m00.0/s1. The Morgan fingerprint density at radius 2 is 0.780 bits per heavy atom. The molecule has 25 nitrogen and oxygen atoms in total. The summed E-state index contributed by atoms with van der Waals surface area (Å²) in [5, 5.41) is 45.4. The van der Waals surface area contributed by atoms with Crippen molar-refractivity contribution in [2.45, 2.75) is 133 Å². The van der Waals surface area contributed by atoms with Crippen LogP contribution in [0.15, 0.2) is 179 Å². The van der Waals surface area contributed by atoms with Gasteiger partial charge in [-0.15, -0.1) is 0 Å². The Labute approximate surface area is 633 Å². The third kappa shape index (κ3) is 17.9. The fraction of sp³-hybridized carbons (Fsp3) is 0.429. The van der Waals surface area contributed by atoms with Crippen LogP contribution in [0.5, 0.6) is 0 Å². The van der Waals surface area contributed by atoms with Gasteiger partial charge in [0.1, 0.15) is 32.9 Å². The number of carboxylic acids is 1. The lowest BCUT2D eigenvalue weighted by molar-refractivity contribution is 0.0372. The summed E-state index contributed by atoms with van der Waals surface area (Å²) in [5.74, 6) is -0.960. The monoisotopic (exact) mass is 1470 g/mol. The van der Waals surface area contributed by atoms with Crippen LogP contribution in [0, 0.1) is 51.7 Å². The van der Waals surface area contributed by atoms with E-state index < -0.39 is 27.8 Å². The number of rotatable bonds is 14. The van der Waals surface area contributed by atoms with Gasteiger partial charge in [-0.2, -0.15) is 15.8 Å². The van der Waals surface area contributed by atoms with Crippen molar-refractivity contribution in [3.05, 3.63) is 246 Å². The molecule has 566 valence electrons. The zero-order valence-corrected chi connectivity index (χ0v) is 62.1. The van der Waals surface area contributed by atoms with Crippen molar-refractivity contribution in [1.82, 2.24) is 53.5 Å². The molecule has 6 aliphatic rings. The maximum atomic E-state index is 13.2. The van der Waals surface area contributed by atoms with E-state index in [1.165, 1.54) is 10.5 Å². The SMILES string of the molecule is C[C@H]1COCC[C@@H]1N.C[C@H]1COCC[C@@H]1NC(=O)c1cc(CN2CCC(C#N)(c3ccccn3)CC2)c2ccccn2c1=O.C[C@H]1COCC[C@@H]1NC(=O)c1cc(CN2CCC(C#N)(c3ccccn3)CC2)c2ccccn2c1=O.N#CC1(c2ccccn2)CCN(Cc2cc(C(=O)O)c(=O)n3ccccc23)CC1. The smallest absolute Gasteiger partial charge is 0.341 e. The highest BCUT2D eigenvalue weighted by Gasteiger charge is 2.41. The Morgan fingerprint density at radius 3 is 1.06 bits per heavy atom. The van der Waals surface area contributed by atoms with E-state index in [9.17, 15) is 49.7 Å². The highest BCUT2D eigenvalue weighted by atomic mass is 16.5. The van der Waals surface area contributed by atoms with Crippen LogP contribution in [0.2, 0.25) is 0 Å². The lowest BCUT2D eigenvalue weighted by Crippen LogP contribution is -2.46. The normalized spacial score (nSPS) is 21.9. The summed E-state index contributed by atoms with van der Waals surface area (Å²) in [6.45, 7) is 16.3. The summed E-state index contributed by atoms with van der Waals surface area (Å²) < 4.78 is 20.7. The molecule has 0 saturated carbocycles. The molecule has 9 aromatic heterocycles. The summed E-state index contributed by atoms with van der Waals surface area (Å²) in [6.07, 6.45) is 16.7. The van der Waals surface area contributed by atoms with Gasteiger partial charge in [-0.3, -0.25) is 66.8 Å². The second kappa shape index (κ2) is 35.6. The zero-order chi connectivity index (χ0) is 76.7. The minimum atomic E-state index is -1.23. The number of nitrogens with zero attached hydrogens (tertiary/aromatic N) is 12. The number of nitriles is 3. The topological polar surface area (TPSA) is 333 Å². The first kappa shape index (κ1) is 77.9. The molecule has 0 radical (unpaired) electrons. The second-order valence-electron chi connectivity index (χ2n) is 29.7. The first-order valence-electron chi connectivity index (χ1n) is 37.7. The third-order valence-electron chi connectivity index (χ3n) is 22.6.